The van der Waals surface area contributed by atoms with Crippen molar-refractivity contribution < 1.29 is 40.0 Å². The summed E-state index contributed by atoms with van der Waals surface area (Å²) in [7, 11) is -4.73. The van der Waals surface area contributed by atoms with Crippen LogP contribution in [-0.4, -0.2) is 92.1 Å². The molecule has 0 radical (unpaired) electrons. The molecule has 5 fully saturated rings. The Morgan fingerprint density at radius 3 is 2.16 bits per heavy atom. The van der Waals surface area contributed by atoms with Gasteiger partial charge in [-0.1, -0.05) is 0 Å². The van der Waals surface area contributed by atoms with Gasteiger partial charge in [0.2, 0.25) is 11.8 Å². The molecule has 2 amide bonds. The van der Waals surface area contributed by atoms with Crippen LogP contribution in [0.15, 0.2) is 23.1 Å². The Bertz CT molecular complexity index is 1450. The third kappa shape index (κ3) is 5.80. The molecule has 15 heteroatoms. The summed E-state index contributed by atoms with van der Waals surface area (Å²) in [6.07, 6.45) is -3.03. The van der Waals surface area contributed by atoms with Crippen molar-refractivity contribution in [1.29, 1.82) is 5.26 Å². The Hall–Kier alpha value is -2.99. The molecule has 9 nitrogen and oxygen atoms in total. The van der Waals surface area contributed by atoms with E-state index >= 15 is 0 Å². The maximum atomic E-state index is 14.3. The van der Waals surface area contributed by atoms with E-state index < -0.39 is 92.8 Å². The molecule has 0 aromatic heterocycles. The SMILES string of the molecule is N#CC1(NC(=O)C2CC(S(=O)(=O)c3ccc(N4CCN(C5CC5)CC4)cc3C(F)(F)F)CC2C(=O)N2CC(F)(F)C2)CC1. The van der Waals surface area contributed by atoms with Gasteiger partial charge in [0, 0.05) is 37.9 Å². The van der Waals surface area contributed by atoms with E-state index in [9.17, 15) is 45.2 Å². The van der Waals surface area contributed by atoms with Crippen LogP contribution in [0.25, 0.3) is 0 Å². The molecular weight excluding hydrogens is 597 g/mol. The van der Waals surface area contributed by atoms with E-state index in [1.165, 1.54) is 6.07 Å². The van der Waals surface area contributed by atoms with Gasteiger partial charge in [0.15, 0.2) is 9.84 Å². The van der Waals surface area contributed by atoms with E-state index in [2.05, 4.69) is 10.2 Å². The fourth-order valence-electron chi connectivity index (χ4n) is 6.58. The summed E-state index contributed by atoms with van der Waals surface area (Å²) in [6, 6.07) is 5.62. The molecule has 2 saturated heterocycles. The summed E-state index contributed by atoms with van der Waals surface area (Å²) < 4.78 is 97.7. The highest BCUT2D eigenvalue weighted by atomic mass is 32.2. The van der Waals surface area contributed by atoms with Crippen LogP contribution >= 0.6 is 0 Å². The third-order valence-electron chi connectivity index (χ3n) is 9.41. The van der Waals surface area contributed by atoms with Gasteiger partial charge in [0.05, 0.1) is 46.7 Å². The molecule has 0 spiro atoms. The zero-order valence-electron chi connectivity index (χ0n) is 23.2. The number of likely N-dealkylation sites (tertiary alicyclic amines) is 1. The lowest BCUT2D eigenvalue weighted by atomic mass is 9.92. The molecule has 1 aromatic carbocycles. The molecular formula is C28H32F5N5O4S. The first-order valence-electron chi connectivity index (χ1n) is 14.5. The van der Waals surface area contributed by atoms with Crippen molar-refractivity contribution in [3.63, 3.8) is 0 Å². The molecule has 1 N–H and O–H groups in total. The van der Waals surface area contributed by atoms with Crippen LogP contribution in [-0.2, 0) is 25.6 Å². The lowest BCUT2D eigenvalue weighted by Gasteiger charge is -2.40. The van der Waals surface area contributed by atoms with Gasteiger partial charge in [-0.15, -0.1) is 0 Å². The average molecular weight is 630 g/mol. The van der Waals surface area contributed by atoms with Crippen molar-refractivity contribution in [3.8, 4) is 6.07 Å². The monoisotopic (exact) mass is 629 g/mol. The summed E-state index contributed by atoms with van der Waals surface area (Å²) in [5.74, 6) is -7.36. The van der Waals surface area contributed by atoms with Crippen molar-refractivity contribution in [2.75, 3.05) is 44.2 Å². The molecule has 43 heavy (non-hydrogen) atoms. The Morgan fingerprint density at radius 2 is 1.63 bits per heavy atom. The summed E-state index contributed by atoms with van der Waals surface area (Å²) in [6.45, 7) is 0.632. The number of nitrogens with zero attached hydrogens (tertiary/aromatic N) is 4. The minimum absolute atomic E-state index is 0.253. The van der Waals surface area contributed by atoms with Crippen molar-refractivity contribution in [1.82, 2.24) is 15.1 Å². The summed E-state index contributed by atoms with van der Waals surface area (Å²) >= 11 is 0. The highest BCUT2D eigenvalue weighted by molar-refractivity contribution is 7.92. The smallest absolute Gasteiger partial charge is 0.369 e. The molecule has 5 aliphatic rings. The molecule has 234 valence electrons. The number of nitriles is 1. The zero-order chi connectivity index (χ0) is 30.9. The Labute approximate surface area is 245 Å². The Morgan fingerprint density at radius 1 is 1.00 bits per heavy atom. The fourth-order valence-corrected chi connectivity index (χ4v) is 8.60. The van der Waals surface area contributed by atoms with Crippen molar-refractivity contribution in [2.24, 2.45) is 11.8 Å². The second-order valence-corrected chi connectivity index (χ2v) is 14.7. The number of carbonyl (C=O) groups excluding carboxylic acids is 2. The number of rotatable bonds is 7. The van der Waals surface area contributed by atoms with E-state index in [4.69, 9.17) is 0 Å². The molecule has 3 atom stereocenters. The number of benzene rings is 1. The number of carbonyl (C=O) groups is 2. The van der Waals surface area contributed by atoms with Gasteiger partial charge in [0.1, 0.15) is 5.54 Å². The number of hydrogen-bond acceptors (Lipinski definition) is 7. The summed E-state index contributed by atoms with van der Waals surface area (Å²) in [5.41, 5.74) is -2.22. The van der Waals surface area contributed by atoms with Gasteiger partial charge < -0.3 is 15.1 Å². The first-order valence-corrected chi connectivity index (χ1v) is 16.0. The van der Waals surface area contributed by atoms with E-state index in [-0.39, 0.29) is 5.69 Å². The van der Waals surface area contributed by atoms with Crippen molar-refractivity contribution in [2.45, 2.75) is 72.3 Å². The molecule has 3 aliphatic carbocycles. The van der Waals surface area contributed by atoms with Gasteiger partial charge in [-0.3, -0.25) is 14.5 Å². The molecule has 3 saturated carbocycles. The molecule has 6 rings (SSSR count). The Kier molecular flexibility index (Phi) is 7.19. The third-order valence-corrected chi connectivity index (χ3v) is 11.6. The average Bonchev–Trinajstić information content (AvgIpc) is 3.88. The van der Waals surface area contributed by atoms with Gasteiger partial charge in [0.25, 0.3) is 5.92 Å². The number of sulfone groups is 1. The molecule has 3 unspecified atom stereocenters. The van der Waals surface area contributed by atoms with Gasteiger partial charge >= 0.3 is 6.18 Å². The minimum atomic E-state index is -5.01. The normalized spacial score (nSPS) is 28.6. The lowest BCUT2D eigenvalue weighted by Crippen LogP contribution is -2.60. The van der Waals surface area contributed by atoms with Crippen molar-refractivity contribution in [3.05, 3.63) is 23.8 Å². The van der Waals surface area contributed by atoms with Gasteiger partial charge in [-0.2, -0.15) is 18.4 Å². The van der Waals surface area contributed by atoms with E-state index in [1.807, 2.05) is 6.07 Å². The predicted octanol–water partition coefficient (Wildman–Crippen LogP) is 2.81. The standard InChI is InChI=1S/C28H32F5N5O4S/c29-27(30)15-38(16-27)25(40)21-13-19(12-20(21)24(39)35-26(14-34)5-6-26)43(41,42)23-4-3-18(11-22(23)28(31,32)33)37-9-7-36(8-10-37)17-1-2-17/h3-4,11,17,19-21H,1-2,5-10,12-13,15-16H2,(H,35,39). The van der Waals surface area contributed by atoms with Crippen LogP contribution in [0.1, 0.15) is 44.1 Å². The second kappa shape index (κ2) is 10.3. The van der Waals surface area contributed by atoms with E-state index in [0.29, 0.717) is 45.1 Å². The molecule has 2 aliphatic heterocycles. The zero-order valence-corrected chi connectivity index (χ0v) is 24.1. The maximum absolute atomic E-state index is 14.3. The number of nitrogens with one attached hydrogen (secondary N) is 1. The van der Waals surface area contributed by atoms with E-state index in [1.54, 1.807) is 4.90 Å². The fraction of sp³-hybridized carbons (Fsp3) is 0.679. The number of piperazine rings is 1. The van der Waals surface area contributed by atoms with Crippen LogP contribution in [0.3, 0.4) is 0 Å². The van der Waals surface area contributed by atoms with Gasteiger partial charge in [-0.05, 0) is 56.7 Å². The predicted molar refractivity (Wildman–Crippen MR) is 143 cm³/mol. The van der Waals surface area contributed by atoms with Crippen LogP contribution in [0.2, 0.25) is 0 Å². The van der Waals surface area contributed by atoms with Crippen molar-refractivity contribution >= 4 is 27.3 Å². The highest BCUT2D eigenvalue weighted by Gasteiger charge is 2.55. The highest BCUT2D eigenvalue weighted by Crippen LogP contribution is 2.45. The number of halogens is 5. The van der Waals surface area contributed by atoms with Crippen LogP contribution in [0.5, 0.6) is 0 Å². The number of amides is 2. The summed E-state index contributed by atoms with van der Waals surface area (Å²) in [4.78, 5) is 30.3. The number of anilines is 1. The number of alkyl halides is 5. The first kappa shape index (κ1) is 30.1. The quantitative estimate of drug-likeness (QED) is 0.462. The molecule has 2 heterocycles. The lowest BCUT2D eigenvalue weighted by molar-refractivity contribution is -0.171. The number of hydrogen-bond donors (Lipinski definition) is 1. The van der Waals surface area contributed by atoms with E-state index in [0.717, 1.165) is 29.9 Å². The van der Waals surface area contributed by atoms with Crippen LogP contribution in [0, 0.1) is 23.2 Å². The topological polar surface area (TPSA) is 114 Å². The second-order valence-electron chi connectivity index (χ2n) is 12.5. The maximum Gasteiger partial charge on any atom is 0.417 e. The first-order chi connectivity index (χ1) is 20.1. The Balaban J connectivity index is 1.26. The minimum Gasteiger partial charge on any atom is -0.369 e. The largest absolute Gasteiger partial charge is 0.417 e. The van der Waals surface area contributed by atoms with Gasteiger partial charge in [-0.25, -0.2) is 17.2 Å². The summed E-state index contributed by atoms with van der Waals surface area (Å²) in [5, 5.41) is 10.4. The van der Waals surface area contributed by atoms with Crippen LogP contribution in [0.4, 0.5) is 27.6 Å². The molecule has 1 aromatic rings. The molecule has 0 bridgehead atoms. The van der Waals surface area contributed by atoms with Crippen LogP contribution < -0.4 is 10.2 Å².